The normalized spacial score (nSPS) is 22.2. The Hall–Kier alpha value is -1.07. The van der Waals surface area contributed by atoms with Crippen molar-refractivity contribution in [3.63, 3.8) is 0 Å². The summed E-state index contributed by atoms with van der Waals surface area (Å²) in [6.45, 7) is 4.96. The number of amides is 1. The molecule has 18 heavy (non-hydrogen) atoms. The minimum atomic E-state index is -4.99. The van der Waals surface area contributed by atoms with Crippen molar-refractivity contribution in [3.8, 4) is 0 Å². The monoisotopic (exact) mass is 317 g/mol. The Morgan fingerprint density at radius 3 is 2.50 bits per heavy atom. The molecule has 2 unspecified atom stereocenters. The molecule has 0 bridgehead atoms. The first kappa shape index (κ1) is 15.0. The van der Waals surface area contributed by atoms with Gasteiger partial charge in [0.15, 0.2) is 0 Å². The molecule has 0 radical (unpaired) electrons. The van der Waals surface area contributed by atoms with Crippen LogP contribution in [-0.4, -0.2) is 35.5 Å². The molecular weight excluding hydrogens is 301 g/mol. The Bertz CT molecular complexity index is 488. The zero-order valence-corrected chi connectivity index (χ0v) is 12.3. The molecule has 0 heterocycles. The van der Waals surface area contributed by atoms with Crippen LogP contribution in [0.4, 0.5) is 0 Å². The molecule has 2 atom stereocenters. The van der Waals surface area contributed by atoms with E-state index in [9.17, 15) is 12.6 Å². The van der Waals surface area contributed by atoms with Crippen LogP contribution in [0.5, 0.6) is 0 Å². The summed E-state index contributed by atoms with van der Waals surface area (Å²) in [7, 11) is 0. The maximum atomic E-state index is 11.8. The quantitative estimate of drug-likeness (QED) is 0.405. The van der Waals surface area contributed by atoms with E-state index in [0.29, 0.717) is 5.57 Å². The van der Waals surface area contributed by atoms with Crippen LogP contribution in [0.2, 0.25) is 0 Å². The van der Waals surface area contributed by atoms with Crippen LogP contribution in [0.15, 0.2) is 33.7 Å². The first-order chi connectivity index (χ1) is 8.29. The Kier molecular flexibility index (Phi) is 4.76. The van der Waals surface area contributed by atoms with Crippen molar-refractivity contribution in [1.29, 1.82) is 0 Å². The topological polar surface area (TPSA) is 95.9 Å². The Balaban J connectivity index is 3.27. The molecule has 1 rings (SSSR count). The fraction of sp³-hybridized carbons (Fsp3) is 0.364. The standard InChI is InChI=1S/C11H16AsNO5/c1-7(2)9-5-4-6-10(12(15,16)18-17)11(9)13-8(3)14/h4-6,11,17H,1-3H3,(H,13,14)(H,15,16). The third-order valence-electron chi connectivity index (χ3n) is 2.51. The van der Waals surface area contributed by atoms with Gasteiger partial charge in [-0.05, 0) is 0 Å². The molecule has 100 valence electrons. The van der Waals surface area contributed by atoms with E-state index in [4.69, 9.17) is 5.26 Å². The van der Waals surface area contributed by atoms with E-state index in [2.05, 4.69) is 9.19 Å². The molecule has 0 saturated carbocycles. The summed E-state index contributed by atoms with van der Waals surface area (Å²) in [4.78, 5) is 11.2. The predicted molar refractivity (Wildman–Crippen MR) is 65.6 cm³/mol. The van der Waals surface area contributed by atoms with E-state index < -0.39 is 20.2 Å². The molecule has 7 heteroatoms. The zero-order chi connectivity index (χ0) is 13.9. The fourth-order valence-corrected chi connectivity index (χ4v) is 3.60. The van der Waals surface area contributed by atoms with Gasteiger partial charge in [0.05, 0.1) is 0 Å². The second-order valence-corrected chi connectivity index (χ2v) is 7.75. The second kappa shape index (κ2) is 5.71. The van der Waals surface area contributed by atoms with Gasteiger partial charge in [-0.3, -0.25) is 0 Å². The summed E-state index contributed by atoms with van der Waals surface area (Å²) in [5, 5.41) is 11.1. The number of carbonyl (C=O) groups is 1. The average Bonchev–Trinajstić information content (AvgIpc) is 2.28. The molecule has 1 amide bonds. The molecule has 0 saturated heterocycles. The van der Waals surface area contributed by atoms with Crippen molar-refractivity contribution in [3.05, 3.63) is 33.7 Å². The predicted octanol–water partition coefficient (Wildman–Crippen LogP) is 0.714. The third-order valence-corrected chi connectivity index (χ3v) is 5.20. The maximum absolute atomic E-state index is 11.8. The van der Waals surface area contributed by atoms with E-state index in [1.54, 1.807) is 12.2 Å². The van der Waals surface area contributed by atoms with E-state index in [-0.39, 0.29) is 10.3 Å². The summed E-state index contributed by atoms with van der Waals surface area (Å²) in [5.74, 6) is -0.339. The van der Waals surface area contributed by atoms with Crippen LogP contribution in [0.1, 0.15) is 20.8 Å². The van der Waals surface area contributed by atoms with E-state index in [0.717, 1.165) is 5.57 Å². The Labute approximate surface area is 108 Å². The molecule has 0 aromatic heterocycles. The van der Waals surface area contributed by atoms with E-state index in [1.807, 2.05) is 13.8 Å². The van der Waals surface area contributed by atoms with Crippen LogP contribution < -0.4 is 5.32 Å². The number of nitrogens with one attached hydrogen (secondary N) is 1. The van der Waals surface area contributed by atoms with E-state index in [1.165, 1.54) is 13.0 Å². The van der Waals surface area contributed by atoms with Crippen molar-refractivity contribution >= 4 is 20.1 Å². The van der Waals surface area contributed by atoms with Crippen LogP contribution in [0, 0.1) is 0 Å². The minimum absolute atomic E-state index is 0.00970. The first-order valence-electron chi connectivity index (χ1n) is 5.29. The summed E-state index contributed by atoms with van der Waals surface area (Å²) >= 11 is -4.99. The Morgan fingerprint density at radius 1 is 1.44 bits per heavy atom. The summed E-state index contributed by atoms with van der Waals surface area (Å²) in [5.41, 5.74) is 1.60. The number of hydrogen-bond donors (Lipinski definition) is 3. The molecule has 0 fully saturated rings. The van der Waals surface area contributed by atoms with Gasteiger partial charge in [0, 0.05) is 0 Å². The van der Waals surface area contributed by atoms with Gasteiger partial charge in [-0.15, -0.1) is 0 Å². The molecule has 0 aromatic rings. The van der Waals surface area contributed by atoms with Crippen molar-refractivity contribution in [2.75, 3.05) is 0 Å². The first-order valence-corrected chi connectivity index (χ1v) is 8.60. The molecule has 0 aromatic carbocycles. The summed E-state index contributed by atoms with van der Waals surface area (Å²) < 4.78 is 25.1. The van der Waals surface area contributed by atoms with Crippen LogP contribution in [-0.2, 0) is 12.4 Å². The summed E-state index contributed by atoms with van der Waals surface area (Å²) in [6, 6.07) is -0.750. The van der Waals surface area contributed by atoms with Crippen LogP contribution >= 0.6 is 0 Å². The average molecular weight is 317 g/mol. The van der Waals surface area contributed by atoms with Crippen molar-refractivity contribution in [2.45, 2.75) is 26.8 Å². The Morgan fingerprint density at radius 2 is 2.06 bits per heavy atom. The van der Waals surface area contributed by atoms with Crippen LogP contribution in [0.25, 0.3) is 0 Å². The molecule has 1 aliphatic carbocycles. The van der Waals surface area contributed by atoms with Gasteiger partial charge in [-0.25, -0.2) is 0 Å². The van der Waals surface area contributed by atoms with Gasteiger partial charge < -0.3 is 0 Å². The van der Waals surface area contributed by atoms with Gasteiger partial charge in [0.25, 0.3) is 0 Å². The molecule has 0 spiro atoms. The molecule has 1 aliphatic rings. The van der Waals surface area contributed by atoms with Crippen molar-refractivity contribution < 1.29 is 21.8 Å². The number of allylic oxidation sites excluding steroid dienone is 3. The summed E-state index contributed by atoms with van der Waals surface area (Å²) in [6.07, 6.45) is 4.70. The van der Waals surface area contributed by atoms with Gasteiger partial charge >= 0.3 is 108 Å². The molecule has 0 aliphatic heterocycles. The number of rotatable bonds is 3. The van der Waals surface area contributed by atoms with E-state index >= 15 is 0 Å². The van der Waals surface area contributed by atoms with Gasteiger partial charge in [-0.2, -0.15) is 0 Å². The molecule has 6 nitrogen and oxygen atoms in total. The molecular formula is C11H16AsNO5. The van der Waals surface area contributed by atoms with Crippen molar-refractivity contribution in [1.82, 2.24) is 5.32 Å². The number of hydrogen-bond acceptors (Lipinski definition) is 4. The zero-order valence-electron chi connectivity index (χ0n) is 10.4. The fourth-order valence-electron chi connectivity index (χ4n) is 1.72. The second-order valence-electron chi connectivity index (χ2n) is 4.14. The number of carbonyl (C=O) groups excluding carboxylic acids is 1. The van der Waals surface area contributed by atoms with Gasteiger partial charge in [0.2, 0.25) is 0 Å². The van der Waals surface area contributed by atoms with Gasteiger partial charge in [0.1, 0.15) is 0 Å². The SMILES string of the molecule is CC(=O)NC1C([As](=O)(O)OO)=CC=CC1=C(C)C. The molecule has 3 N–H and O–H groups in total. The van der Waals surface area contributed by atoms with Gasteiger partial charge in [-0.1, -0.05) is 0 Å². The van der Waals surface area contributed by atoms with Crippen LogP contribution in [0.3, 0.4) is 0 Å². The third kappa shape index (κ3) is 3.23. The van der Waals surface area contributed by atoms with Crippen molar-refractivity contribution in [2.24, 2.45) is 0 Å².